The molecule has 4 nitrogen and oxygen atoms in total. The van der Waals surface area contributed by atoms with Crippen molar-refractivity contribution in [1.82, 2.24) is 9.97 Å². The van der Waals surface area contributed by atoms with Gasteiger partial charge >= 0.3 is 0 Å². The molecule has 1 rings (SSSR count). The van der Waals surface area contributed by atoms with Crippen molar-refractivity contribution in [3.8, 4) is 0 Å². The van der Waals surface area contributed by atoms with Gasteiger partial charge in [0, 0.05) is 0 Å². The van der Waals surface area contributed by atoms with Crippen molar-refractivity contribution >= 4 is 34.6 Å². The fraction of sp³-hybridized carbons (Fsp3) is 0. The molecule has 9 heavy (non-hydrogen) atoms. The van der Waals surface area contributed by atoms with Crippen molar-refractivity contribution in [3.63, 3.8) is 0 Å². The molecule has 0 aliphatic heterocycles. The van der Waals surface area contributed by atoms with Crippen molar-refractivity contribution in [1.29, 1.82) is 0 Å². The molecule has 1 aromatic rings. The van der Waals surface area contributed by atoms with E-state index in [0.29, 0.717) is 9.09 Å². The number of nitrogens with zero attached hydrogens (tertiary/aromatic N) is 2. The Balaban J connectivity index is 3.33. The standard InChI is InChI=1S/C3H4N4S2/c4-1-6-2(5)9-3(8)7-1/h(H4,4,5,6,7,8). The summed E-state index contributed by atoms with van der Waals surface area (Å²) in [6.45, 7) is 0. The number of aromatic nitrogens is 2. The highest BCUT2D eigenvalue weighted by atomic mass is 32.1. The van der Waals surface area contributed by atoms with E-state index in [4.69, 9.17) is 23.7 Å². The Hall–Kier alpha value is -0.750. The molecule has 0 atom stereocenters. The van der Waals surface area contributed by atoms with Crippen LogP contribution in [0, 0.1) is 3.95 Å². The van der Waals surface area contributed by atoms with E-state index in [1.54, 1.807) is 0 Å². The zero-order valence-corrected chi connectivity index (χ0v) is 6.00. The Morgan fingerprint density at radius 2 is 2.00 bits per heavy atom. The molecule has 0 saturated heterocycles. The minimum absolute atomic E-state index is 0.135. The maximum atomic E-state index is 5.28. The second-order valence-corrected chi connectivity index (χ2v) is 2.94. The van der Waals surface area contributed by atoms with Gasteiger partial charge in [-0.15, -0.1) is 0 Å². The molecule has 0 radical (unpaired) electrons. The van der Waals surface area contributed by atoms with Crippen molar-refractivity contribution in [2.45, 2.75) is 0 Å². The summed E-state index contributed by atoms with van der Waals surface area (Å²) < 4.78 is 0.417. The summed E-state index contributed by atoms with van der Waals surface area (Å²) in [5.74, 6) is 0.135. The Morgan fingerprint density at radius 3 is 2.44 bits per heavy atom. The first-order valence-electron chi connectivity index (χ1n) is 2.08. The average molecular weight is 160 g/mol. The molecule has 0 aliphatic rings. The summed E-state index contributed by atoms with van der Waals surface area (Å²) in [6.07, 6.45) is 0. The lowest BCUT2D eigenvalue weighted by Crippen LogP contribution is -1.96. The highest BCUT2D eigenvalue weighted by Gasteiger charge is 1.90. The summed E-state index contributed by atoms with van der Waals surface area (Å²) >= 11 is 5.83. The van der Waals surface area contributed by atoms with Gasteiger partial charge in [0.25, 0.3) is 0 Å². The third-order valence-corrected chi connectivity index (χ3v) is 1.53. The van der Waals surface area contributed by atoms with E-state index in [1.165, 1.54) is 0 Å². The van der Waals surface area contributed by atoms with Crippen LogP contribution in [0.1, 0.15) is 0 Å². The number of hydrogen-bond donors (Lipinski definition) is 2. The molecule has 0 spiro atoms. The Bertz CT molecular complexity index is 244. The summed E-state index contributed by atoms with van der Waals surface area (Å²) in [7, 11) is 0. The smallest absolute Gasteiger partial charge is 0.224 e. The number of hydrogen-bond acceptors (Lipinski definition) is 6. The van der Waals surface area contributed by atoms with Crippen LogP contribution in [-0.2, 0) is 0 Å². The van der Waals surface area contributed by atoms with Crippen LogP contribution in [-0.4, -0.2) is 9.97 Å². The third-order valence-electron chi connectivity index (χ3n) is 0.622. The van der Waals surface area contributed by atoms with E-state index in [0.717, 1.165) is 11.3 Å². The van der Waals surface area contributed by atoms with E-state index >= 15 is 0 Å². The van der Waals surface area contributed by atoms with Gasteiger partial charge in [-0.1, -0.05) is 11.3 Å². The van der Waals surface area contributed by atoms with Gasteiger partial charge in [0.15, 0.2) is 9.09 Å². The second-order valence-electron chi connectivity index (χ2n) is 1.29. The van der Waals surface area contributed by atoms with Crippen LogP contribution in [0.15, 0.2) is 0 Å². The predicted octanol–water partition coefficient (Wildman–Crippen LogP) is 0.432. The van der Waals surface area contributed by atoms with E-state index in [-0.39, 0.29) is 5.95 Å². The van der Waals surface area contributed by atoms with Gasteiger partial charge in [-0.25, -0.2) is 0 Å². The second kappa shape index (κ2) is 2.24. The van der Waals surface area contributed by atoms with E-state index in [1.807, 2.05) is 0 Å². The largest absolute Gasteiger partial charge is 0.375 e. The summed E-state index contributed by atoms with van der Waals surface area (Å²) in [5.41, 5.74) is 10.5. The molecule has 0 amide bonds. The lowest BCUT2D eigenvalue weighted by molar-refractivity contribution is 1.23. The Morgan fingerprint density at radius 1 is 1.33 bits per heavy atom. The molecule has 4 N–H and O–H groups in total. The molecule has 1 heterocycles. The maximum Gasteiger partial charge on any atom is 0.224 e. The first-order chi connectivity index (χ1) is 4.18. The van der Waals surface area contributed by atoms with Gasteiger partial charge in [-0.3, -0.25) is 0 Å². The van der Waals surface area contributed by atoms with Crippen molar-refractivity contribution < 1.29 is 0 Å². The molecular formula is C3H4N4S2. The predicted molar refractivity (Wildman–Crippen MR) is 39.6 cm³/mol. The van der Waals surface area contributed by atoms with Crippen LogP contribution >= 0.6 is 23.6 Å². The van der Waals surface area contributed by atoms with Gasteiger partial charge in [0.05, 0.1) is 0 Å². The highest BCUT2D eigenvalue weighted by Crippen LogP contribution is 2.07. The fourth-order valence-corrected chi connectivity index (χ4v) is 1.17. The molecule has 0 saturated carbocycles. The molecule has 0 unspecified atom stereocenters. The minimum Gasteiger partial charge on any atom is -0.375 e. The van der Waals surface area contributed by atoms with Crippen LogP contribution in [0.5, 0.6) is 0 Å². The van der Waals surface area contributed by atoms with Gasteiger partial charge in [0.1, 0.15) is 0 Å². The van der Waals surface area contributed by atoms with Crippen molar-refractivity contribution in [2.24, 2.45) is 0 Å². The first kappa shape index (κ1) is 6.37. The SMILES string of the molecule is Nc1nc(N)sc(=S)n1. The van der Waals surface area contributed by atoms with Crippen LogP contribution in [0.25, 0.3) is 0 Å². The molecule has 6 heteroatoms. The lowest BCUT2D eigenvalue weighted by Gasteiger charge is -1.89. The summed E-state index contributed by atoms with van der Waals surface area (Å²) in [6, 6.07) is 0. The number of nitrogen functional groups attached to an aromatic ring is 2. The Kier molecular flexibility index (Phi) is 1.58. The van der Waals surface area contributed by atoms with Gasteiger partial charge in [-0.2, -0.15) is 9.97 Å². The van der Waals surface area contributed by atoms with Crippen LogP contribution in [0.3, 0.4) is 0 Å². The number of rotatable bonds is 0. The number of anilines is 2. The minimum atomic E-state index is 0.135. The molecule has 0 aromatic carbocycles. The van der Waals surface area contributed by atoms with E-state index < -0.39 is 0 Å². The monoisotopic (exact) mass is 160 g/mol. The van der Waals surface area contributed by atoms with Gasteiger partial charge in [-0.05, 0) is 12.2 Å². The molecule has 0 aliphatic carbocycles. The van der Waals surface area contributed by atoms with Crippen LogP contribution < -0.4 is 11.5 Å². The fourth-order valence-electron chi connectivity index (χ4n) is 0.367. The quantitative estimate of drug-likeness (QED) is 0.538. The van der Waals surface area contributed by atoms with Crippen LogP contribution in [0.4, 0.5) is 11.1 Å². The van der Waals surface area contributed by atoms with Gasteiger partial charge < -0.3 is 11.5 Å². The van der Waals surface area contributed by atoms with Gasteiger partial charge in [0.2, 0.25) is 5.95 Å². The third kappa shape index (κ3) is 1.58. The normalized spacial score (nSPS) is 9.33. The van der Waals surface area contributed by atoms with Crippen molar-refractivity contribution in [3.05, 3.63) is 3.95 Å². The molecule has 0 bridgehead atoms. The summed E-state index contributed by atoms with van der Waals surface area (Å²) in [5, 5.41) is 0.354. The van der Waals surface area contributed by atoms with Crippen molar-refractivity contribution in [2.75, 3.05) is 11.5 Å². The Labute approximate surface area is 60.6 Å². The maximum absolute atomic E-state index is 5.28. The zero-order chi connectivity index (χ0) is 6.85. The first-order valence-corrected chi connectivity index (χ1v) is 3.31. The molecular weight excluding hydrogens is 156 g/mol. The summed E-state index contributed by atoms with van der Waals surface area (Å²) in [4.78, 5) is 7.29. The molecule has 48 valence electrons. The lowest BCUT2D eigenvalue weighted by atomic mass is 11.0. The van der Waals surface area contributed by atoms with E-state index in [9.17, 15) is 0 Å². The highest BCUT2D eigenvalue weighted by molar-refractivity contribution is 7.73. The zero-order valence-electron chi connectivity index (χ0n) is 4.37. The molecule has 0 fully saturated rings. The van der Waals surface area contributed by atoms with E-state index in [2.05, 4.69) is 9.97 Å². The topological polar surface area (TPSA) is 77.8 Å². The number of nitrogens with two attached hydrogens (primary N) is 2. The molecule has 1 aromatic heterocycles. The van der Waals surface area contributed by atoms with Crippen LogP contribution in [0.2, 0.25) is 0 Å². The average Bonchev–Trinajstić information content (AvgIpc) is 1.59.